The van der Waals surface area contributed by atoms with Gasteiger partial charge < -0.3 is 21.1 Å². The lowest BCUT2D eigenvalue weighted by atomic mass is 10.2. The number of hydrogen-bond donors (Lipinski definition) is 3. The molecule has 0 aliphatic heterocycles. The maximum absolute atomic E-state index is 11.7. The van der Waals surface area contributed by atoms with Gasteiger partial charge in [0.25, 0.3) is 0 Å². The first-order chi connectivity index (χ1) is 9.42. The van der Waals surface area contributed by atoms with E-state index in [1.54, 1.807) is 25.1 Å². The Morgan fingerprint density at radius 3 is 2.70 bits per heavy atom. The summed E-state index contributed by atoms with van der Waals surface area (Å²) in [6.45, 7) is 4.06. The van der Waals surface area contributed by atoms with Crippen LogP contribution in [0.25, 0.3) is 0 Å². The fourth-order valence-corrected chi connectivity index (χ4v) is 1.83. The molecule has 0 saturated heterocycles. The first-order valence-corrected chi connectivity index (χ1v) is 6.58. The van der Waals surface area contributed by atoms with Gasteiger partial charge in [0.05, 0.1) is 11.6 Å². The number of hydrogen-bond acceptors (Lipinski definition) is 3. The minimum Gasteiger partial charge on any atom is -0.492 e. The number of nitrogens with two attached hydrogens (primary N) is 1. The number of primary amides is 1. The molecule has 0 aliphatic carbocycles. The lowest BCUT2D eigenvalue weighted by Gasteiger charge is -2.13. The summed E-state index contributed by atoms with van der Waals surface area (Å²) in [5, 5.41) is 5.62. The first-order valence-electron chi connectivity index (χ1n) is 6.20. The largest absolute Gasteiger partial charge is 0.492 e. The van der Waals surface area contributed by atoms with Crippen molar-refractivity contribution < 1.29 is 14.3 Å². The van der Waals surface area contributed by atoms with Crippen molar-refractivity contribution in [1.29, 1.82) is 0 Å². The van der Waals surface area contributed by atoms with E-state index in [0.717, 1.165) is 0 Å². The highest BCUT2D eigenvalue weighted by Gasteiger charge is 2.10. The molecule has 0 radical (unpaired) electrons. The predicted octanol–water partition coefficient (Wildman–Crippen LogP) is 2.12. The SMILES string of the molecule is CCOc1ccc(NC(=O)NC(C)CC(N)=O)cc1Cl. The molecule has 1 unspecified atom stereocenters. The third-order valence-corrected chi connectivity index (χ3v) is 2.67. The number of carbonyl (C=O) groups excluding carboxylic acids is 2. The van der Waals surface area contributed by atoms with Gasteiger partial charge in [0.2, 0.25) is 5.91 Å². The Morgan fingerprint density at radius 2 is 2.15 bits per heavy atom. The van der Waals surface area contributed by atoms with Crippen molar-refractivity contribution in [1.82, 2.24) is 5.32 Å². The number of urea groups is 1. The molecule has 1 atom stereocenters. The van der Waals surface area contributed by atoms with Gasteiger partial charge in [-0.2, -0.15) is 0 Å². The van der Waals surface area contributed by atoms with Gasteiger partial charge in [0.15, 0.2) is 0 Å². The summed E-state index contributed by atoms with van der Waals surface area (Å²) < 4.78 is 5.29. The molecule has 1 aromatic carbocycles. The van der Waals surface area contributed by atoms with Gasteiger partial charge in [0, 0.05) is 18.2 Å². The number of rotatable bonds is 6. The van der Waals surface area contributed by atoms with Crippen LogP contribution in [0, 0.1) is 0 Å². The molecule has 0 heterocycles. The number of anilines is 1. The highest BCUT2D eigenvalue weighted by atomic mass is 35.5. The van der Waals surface area contributed by atoms with E-state index >= 15 is 0 Å². The van der Waals surface area contributed by atoms with Gasteiger partial charge in [-0.15, -0.1) is 0 Å². The average Bonchev–Trinajstić information content (AvgIpc) is 2.31. The van der Waals surface area contributed by atoms with E-state index in [9.17, 15) is 9.59 Å². The smallest absolute Gasteiger partial charge is 0.319 e. The normalized spacial score (nSPS) is 11.6. The second-order valence-electron chi connectivity index (χ2n) is 4.25. The van der Waals surface area contributed by atoms with E-state index in [4.69, 9.17) is 22.1 Å². The molecule has 110 valence electrons. The van der Waals surface area contributed by atoms with Gasteiger partial charge in [0.1, 0.15) is 5.75 Å². The molecule has 0 saturated carbocycles. The van der Waals surface area contributed by atoms with Gasteiger partial charge in [-0.3, -0.25) is 4.79 Å². The second kappa shape index (κ2) is 7.59. The standard InChI is InChI=1S/C13H18ClN3O3/c1-3-20-11-5-4-9(7-10(11)14)17-13(19)16-8(2)6-12(15)18/h4-5,7-8H,3,6H2,1-2H3,(H2,15,18)(H2,16,17,19). The van der Waals surface area contributed by atoms with Crippen LogP contribution in [0.15, 0.2) is 18.2 Å². The molecule has 7 heteroatoms. The number of nitrogens with one attached hydrogen (secondary N) is 2. The Kier molecular flexibility index (Phi) is 6.11. The molecular weight excluding hydrogens is 282 g/mol. The average molecular weight is 300 g/mol. The Balaban J connectivity index is 2.58. The molecule has 0 spiro atoms. The molecule has 0 bridgehead atoms. The number of halogens is 1. The molecule has 0 aromatic heterocycles. The van der Waals surface area contributed by atoms with Crippen LogP contribution in [0.2, 0.25) is 5.02 Å². The summed E-state index contributed by atoms with van der Waals surface area (Å²) in [6, 6.07) is 4.17. The monoisotopic (exact) mass is 299 g/mol. The third kappa shape index (κ3) is 5.36. The van der Waals surface area contributed by atoms with E-state index < -0.39 is 11.9 Å². The zero-order valence-electron chi connectivity index (χ0n) is 11.4. The van der Waals surface area contributed by atoms with Gasteiger partial charge in [-0.1, -0.05) is 11.6 Å². The molecule has 6 nitrogen and oxygen atoms in total. The van der Waals surface area contributed by atoms with Crippen LogP contribution < -0.4 is 21.1 Å². The van der Waals surface area contributed by atoms with Gasteiger partial charge >= 0.3 is 6.03 Å². The Bertz CT molecular complexity index is 494. The molecule has 4 N–H and O–H groups in total. The Labute approximate surface area is 122 Å². The zero-order valence-corrected chi connectivity index (χ0v) is 12.2. The van der Waals surface area contributed by atoms with Gasteiger partial charge in [-0.25, -0.2) is 4.79 Å². The summed E-state index contributed by atoms with van der Waals surface area (Å²) in [5.41, 5.74) is 5.57. The van der Waals surface area contributed by atoms with E-state index in [1.165, 1.54) is 0 Å². The second-order valence-corrected chi connectivity index (χ2v) is 4.66. The molecule has 3 amide bonds. The zero-order chi connectivity index (χ0) is 15.1. The number of ether oxygens (including phenoxy) is 1. The lowest BCUT2D eigenvalue weighted by molar-refractivity contribution is -0.118. The van der Waals surface area contributed by atoms with Crippen LogP contribution in [0.5, 0.6) is 5.75 Å². The first kappa shape index (κ1) is 16.1. The third-order valence-electron chi connectivity index (χ3n) is 2.37. The van der Waals surface area contributed by atoms with Crippen molar-refractivity contribution in [3.8, 4) is 5.75 Å². The van der Waals surface area contributed by atoms with Gasteiger partial charge in [-0.05, 0) is 32.0 Å². The molecule has 1 rings (SSSR count). The van der Waals surface area contributed by atoms with Crippen molar-refractivity contribution in [2.45, 2.75) is 26.3 Å². The summed E-state index contributed by atoms with van der Waals surface area (Å²) >= 11 is 6.01. The lowest BCUT2D eigenvalue weighted by Crippen LogP contribution is -2.38. The van der Waals surface area contributed by atoms with Crippen LogP contribution >= 0.6 is 11.6 Å². The van der Waals surface area contributed by atoms with Crippen molar-refractivity contribution in [2.24, 2.45) is 5.73 Å². The van der Waals surface area contributed by atoms with Crippen LogP contribution in [0.3, 0.4) is 0 Å². The highest BCUT2D eigenvalue weighted by molar-refractivity contribution is 6.32. The number of amides is 3. The highest BCUT2D eigenvalue weighted by Crippen LogP contribution is 2.27. The summed E-state index contributed by atoms with van der Waals surface area (Å²) in [4.78, 5) is 22.4. The van der Waals surface area contributed by atoms with E-state index in [0.29, 0.717) is 23.1 Å². The quantitative estimate of drug-likeness (QED) is 0.751. The molecule has 0 aliphatic rings. The maximum atomic E-state index is 11.7. The Morgan fingerprint density at radius 1 is 1.45 bits per heavy atom. The maximum Gasteiger partial charge on any atom is 0.319 e. The van der Waals surface area contributed by atoms with Crippen LogP contribution in [-0.4, -0.2) is 24.6 Å². The molecular formula is C13H18ClN3O3. The fraction of sp³-hybridized carbons (Fsp3) is 0.385. The van der Waals surface area contributed by atoms with E-state index in [1.807, 2.05) is 6.92 Å². The molecule has 20 heavy (non-hydrogen) atoms. The summed E-state index contributed by atoms with van der Waals surface area (Å²) in [5.74, 6) is 0.0872. The topological polar surface area (TPSA) is 93.4 Å². The summed E-state index contributed by atoms with van der Waals surface area (Å²) in [6.07, 6.45) is 0.0808. The molecule has 1 aromatic rings. The number of benzene rings is 1. The predicted molar refractivity (Wildman–Crippen MR) is 78.0 cm³/mol. The van der Waals surface area contributed by atoms with Crippen molar-refractivity contribution >= 4 is 29.2 Å². The minimum absolute atomic E-state index is 0.0808. The minimum atomic E-state index is -0.470. The number of carbonyl (C=O) groups is 2. The van der Waals surface area contributed by atoms with E-state index in [-0.39, 0.29) is 12.5 Å². The van der Waals surface area contributed by atoms with E-state index in [2.05, 4.69) is 10.6 Å². The molecule has 0 fully saturated rings. The van der Waals surface area contributed by atoms with Crippen molar-refractivity contribution in [2.75, 3.05) is 11.9 Å². The van der Waals surface area contributed by atoms with Crippen molar-refractivity contribution in [3.05, 3.63) is 23.2 Å². The van der Waals surface area contributed by atoms with Crippen LogP contribution in [0.4, 0.5) is 10.5 Å². The fourth-order valence-electron chi connectivity index (χ4n) is 1.59. The Hall–Kier alpha value is -1.95. The van der Waals surface area contributed by atoms with Crippen molar-refractivity contribution in [3.63, 3.8) is 0 Å². The van der Waals surface area contributed by atoms with Crippen LogP contribution in [0.1, 0.15) is 20.3 Å². The van der Waals surface area contributed by atoms with Crippen LogP contribution in [-0.2, 0) is 4.79 Å². The summed E-state index contributed by atoms with van der Waals surface area (Å²) in [7, 11) is 0.